The first-order valence-electron chi connectivity index (χ1n) is 8.81. The molecule has 0 unspecified atom stereocenters. The van der Waals surface area contributed by atoms with Crippen molar-refractivity contribution in [2.75, 3.05) is 18.4 Å². The molecule has 1 atom stereocenters. The van der Waals surface area contributed by atoms with Crippen molar-refractivity contribution in [1.29, 1.82) is 5.26 Å². The second kappa shape index (κ2) is 8.52. The quantitative estimate of drug-likeness (QED) is 0.773. The summed E-state index contributed by atoms with van der Waals surface area (Å²) in [6.07, 6.45) is 1.79. The van der Waals surface area contributed by atoms with Gasteiger partial charge in [0.2, 0.25) is 0 Å². The number of phenolic OH excluding ortho intramolecular Hbond substituents is 1. The number of urea groups is 1. The number of carbonyl (C=O) groups is 1. The Morgan fingerprint density at radius 1 is 1.33 bits per heavy atom. The van der Waals surface area contributed by atoms with Crippen molar-refractivity contribution in [3.05, 3.63) is 59.4 Å². The van der Waals surface area contributed by atoms with Gasteiger partial charge in [0, 0.05) is 19.1 Å². The third-order valence-corrected chi connectivity index (χ3v) is 4.50. The molecule has 3 N–H and O–H groups in total. The highest BCUT2D eigenvalue weighted by molar-refractivity contribution is 5.89. The predicted molar refractivity (Wildman–Crippen MR) is 99.7 cm³/mol. The normalized spacial score (nSPS) is 17.1. The lowest BCUT2D eigenvalue weighted by Gasteiger charge is -2.33. The molecule has 1 aliphatic heterocycles. The van der Waals surface area contributed by atoms with E-state index in [1.807, 2.05) is 18.2 Å². The van der Waals surface area contributed by atoms with E-state index in [0.29, 0.717) is 13.1 Å². The van der Waals surface area contributed by atoms with E-state index in [-0.39, 0.29) is 23.0 Å². The average Bonchev–Trinajstić information content (AvgIpc) is 2.63. The lowest BCUT2D eigenvalue weighted by molar-refractivity contribution is 0.183. The van der Waals surface area contributed by atoms with E-state index >= 15 is 0 Å². The SMILES string of the molecule is N#Cc1ccc(NC(=O)N[C@H]2CCCN(Cc3cccc(O)c3)C2)c(F)c1. The molecular weight excluding hydrogens is 347 g/mol. The van der Waals surface area contributed by atoms with Gasteiger partial charge in [-0.3, -0.25) is 4.90 Å². The summed E-state index contributed by atoms with van der Waals surface area (Å²) in [7, 11) is 0. The number of rotatable bonds is 4. The van der Waals surface area contributed by atoms with E-state index in [2.05, 4.69) is 15.5 Å². The summed E-state index contributed by atoms with van der Waals surface area (Å²) in [4.78, 5) is 14.4. The van der Waals surface area contributed by atoms with Gasteiger partial charge in [0.25, 0.3) is 0 Å². The van der Waals surface area contributed by atoms with Gasteiger partial charge in [-0.05, 0) is 55.3 Å². The fourth-order valence-corrected chi connectivity index (χ4v) is 3.26. The number of halogens is 1. The van der Waals surface area contributed by atoms with E-state index < -0.39 is 11.8 Å². The summed E-state index contributed by atoms with van der Waals surface area (Å²) in [6, 6.07) is 12.4. The van der Waals surface area contributed by atoms with Gasteiger partial charge >= 0.3 is 6.03 Å². The van der Waals surface area contributed by atoms with Gasteiger partial charge in [0.15, 0.2) is 0 Å². The van der Waals surface area contributed by atoms with Crippen LogP contribution in [-0.2, 0) is 6.54 Å². The monoisotopic (exact) mass is 368 g/mol. The van der Waals surface area contributed by atoms with Crippen LogP contribution in [0.1, 0.15) is 24.0 Å². The maximum atomic E-state index is 13.9. The number of amides is 2. The first-order valence-corrected chi connectivity index (χ1v) is 8.81. The maximum absolute atomic E-state index is 13.9. The fraction of sp³-hybridized carbons (Fsp3) is 0.300. The summed E-state index contributed by atoms with van der Waals surface area (Å²) in [5.41, 5.74) is 1.26. The zero-order chi connectivity index (χ0) is 19.2. The highest BCUT2D eigenvalue weighted by Gasteiger charge is 2.22. The Hall–Kier alpha value is -3.11. The molecule has 27 heavy (non-hydrogen) atoms. The van der Waals surface area contributed by atoms with Gasteiger partial charge < -0.3 is 15.7 Å². The summed E-state index contributed by atoms with van der Waals surface area (Å²) in [6.45, 7) is 2.29. The van der Waals surface area contributed by atoms with Crippen LogP contribution in [0.15, 0.2) is 42.5 Å². The topological polar surface area (TPSA) is 88.4 Å². The molecule has 140 valence electrons. The number of phenols is 1. The van der Waals surface area contributed by atoms with Crippen molar-refractivity contribution in [3.63, 3.8) is 0 Å². The second-order valence-corrected chi connectivity index (χ2v) is 6.65. The molecule has 1 saturated heterocycles. The molecule has 0 spiro atoms. The van der Waals surface area contributed by atoms with Gasteiger partial charge in [-0.15, -0.1) is 0 Å². The van der Waals surface area contributed by atoms with Crippen molar-refractivity contribution in [2.24, 2.45) is 0 Å². The van der Waals surface area contributed by atoms with Crippen LogP contribution in [0.4, 0.5) is 14.9 Å². The molecule has 0 bridgehead atoms. The lowest BCUT2D eigenvalue weighted by atomic mass is 10.0. The highest BCUT2D eigenvalue weighted by atomic mass is 19.1. The van der Waals surface area contributed by atoms with Crippen LogP contribution in [0.5, 0.6) is 5.75 Å². The number of nitriles is 1. The van der Waals surface area contributed by atoms with Crippen LogP contribution < -0.4 is 10.6 Å². The Labute approximate surface area is 157 Å². The minimum absolute atomic E-state index is 0.0407. The van der Waals surface area contributed by atoms with E-state index in [1.165, 1.54) is 12.1 Å². The minimum atomic E-state index is -0.640. The molecule has 6 nitrogen and oxygen atoms in total. The third-order valence-electron chi connectivity index (χ3n) is 4.50. The summed E-state index contributed by atoms with van der Waals surface area (Å²) in [5, 5.41) is 23.7. The van der Waals surface area contributed by atoms with Crippen LogP contribution in [0.2, 0.25) is 0 Å². The minimum Gasteiger partial charge on any atom is -0.508 e. The Balaban J connectivity index is 1.54. The molecule has 2 amide bonds. The molecule has 1 fully saturated rings. The average molecular weight is 368 g/mol. The fourth-order valence-electron chi connectivity index (χ4n) is 3.26. The predicted octanol–water partition coefficient (Wildman–Crippen LogP) is 3.19. The van der Waals surface area contributed by atoms with Crippen LogP contribution in [-0.4, -0.2) is 35.2 Å². The number of nitrogens with zero attached hydrogens (tertiary/aromatic N) is 2. The standard InChI is InChI=1S/C20H21FN4O2/c21-18-10-14(11-22)6-7-19(18)24-20(27)23-16-4-2-8-25(13-16)12-15-3-1-5-17(26)9-15/h1,3,5-7,9-10,16,26H,2,4,8,12-13H2,(H2,23,24,27)/t16-/m0/s1. The smallest absolute Gasteiger partial charge is 0.319 e. The summed E-state index contributed by atoms with van der Waals surface area (Å²) >= 11 is 0. The van der Waals surface area contributed by atoms with E-state index in [9.17, 15) is 14.3 Å². The molecule has 0 saturated carbocycles. The molecule has 2 aromatic carbocycles. The van der Waals surface area contributed by atoms with Crippen molar-refractivity contribution in [3.8, 4) is 11.8 Å². The number of benzene rings is 2. The van der Waals surface area contributed by atoms with Gasteiger partial charge in [0.1, 0.15) is 11.6 Å². The van der Waals surface area contributed by atoms with Gasteiger partial charge in [-0.1, -0.05) is 12.1 Å². The first-order chi connectivity index (χ1) is 13.0. The van der Waals surface area contributed by atoms with Crippen LogP contribution >= 0.6 is 0 Å². The van der Waals surface area contributed by atoms with Crippen LogP contribution in [0.25, 0.3) is 0 Å². The molecule has 3 rings (SSSR count). The summed E-state index contributed by atoms with van der Waals surface area (Å²) in [5.74, 6) is -0.402. The van der Waals surface area contributed by atoms with Crippen LogP contribution in [0, 0.1) is 17.1 Å². The van der Waals surface area contributed by atoms with Gasteiger partial charge in [-0.2, -0.15) is 5.26 Å². The van der Waals surface area contributed by atoms with Crippen LogP contribution in [0.3, 0.4) is 0 Å². The van der Waals surface area contributed by atoms with Crippen molar-refractivity contribution < 1.29 is 14.3 Å². The van der Waals surface area contributed by atoms with E-state index in [1.54, 1.807) is 12.1 Å². The lowest BCUT2D eigenvalue weighted by Crippen LogP contribution is -2.48. The number of hydrogen-bond donors (Lipinski definition) is 3. The number of anilines is 1. The molecule has 2 aromatic rings. The zero-order valence-corrected chi connectivity index (χ0v) is 14.8. The Kier molecular flexibility index (Phi) is 5.89. The molecule has 0 radical (unpaired) electrons. The van der Waals surface area contributed by atoms with Gasteiger partial charge in [0.05, 0.1) is 17.3 Å². The van der Waals surface area contributed by atoms with E-state index in [4.69, 9.17) is 5.26 Å². The number of aromatic hydroxyl groups is 1. The van der Waals surface area contributed by atoms with Crippen molar-refractivity contribution in [1.82, 2.24) is 10.2 Å². The number of piperidine rings is 1. The number of hydrogen-bond acceptors (Lipinski definition) is 4. The molecule has 1 aliphatic rings. The Bertz CT molecular complexity index is 865. The molecular formula is C20H21FN4O2. The zero-order valence-electron chi connectivity index (χ0n) is 14.8. The maximum Gasteiger partial charge on any atom is 0.319 e. The third kappa shape index (κ3) is 5.19. The summed E-state index contributed by atoms with van der Waals surface area (Å²) < 4.78 is 13.9. The molecule has 0 aromatic heterocycles. The van der Waals surface area contributed by atoms with Gasteiger partial charge in [-0.25, -0.2) is 9.18 Å². The largest absolute Gasteiger partial charge is 0.508 e. The number of likely N-dealkylation sites (tertiary alicyclic amines) is 1. The molecule has 7 heteroatoms. The van der Waals surface area contributed by atoms with Crippen molar-refractivity contribution in [2.45, 2.75) is 25.4 Å². The van der Waals surface area contributed by atoms with E-state index in [0.717, 1.165) is 31.0 Å². The first kappa shape index (κ1) is 18.7. The molecule has 1 heterocycles. The Morgan fingerprint density at radius 3 is 2.93 bits per heavy atom. The number of nitrogens with one attached hydrogen (secondary N) is 2. The Morgan fingerprint density at radius 2 is 2.19 bits per heavy atom. The van der Waals surface area contributed by atoms with Crippen molar-refractivity contribution >= 4 is 11.7 Å². The highest BCUT2D eigenvalue weighted by Crippen LogP contribution is 2.18. The molecule has 0 aliphatic carbocycles. The second-order valence-electron chi connectivity index (χ2n) is 6.65. The number of carbonyl (C=O) groups excluding carboxylic acids is 1.